The van der Waals surface area contributed by atoms with Gasteiger partial charge in [0.05, 0.1) is 0 Å². The van der Waals surface area contributed by atoms with Crippen LogP contribution in [0.2, 0.25) is 0 Å². The number of benzene rings is 2. The highest BCUT2D eigenvalue weighted by Crippen LogP contribution is 2.33. The number of hydrogen-bond donors (Lipinski definition) is 0. The first-order valence-electron chi connectivity index (χ1n) is 7.08. The van der Waals surface area contributed by atoms with E-state index in [1.54, 1.807) is 0 Å². The molecule has 0 bridgehead atoms. The van der Waals surface area contributed by atoms with Crippen LogP contribution in [0, 0.1) is 5.92 Å². The van der Waals surface area contributed by atoms with Crippen LogP contribution in [0.15, 0.2) is 54.6 Å². The van der Waals surface area contributed by atoms with Gasteiger partial charge in [-0.3, -0.25) is 0 Å². The maximum absolute atomic E-state index is 2.44. The SMILES string of the molecule is C[C@@H]1CN(C)C[C@H]1c1cccc(-c2ccccc2)c1. The Labute approximate surface area is 115 Å². The van der Waals surface area contributed by atoms with Crippen molar-refractivity contribution in [3.05, 3.63) is 60.2 Å². The van der Waals surface area contributed by atoms with E-state index in [2.05, 4.69) is 73.5 Å². The second-order valence-corrected chi connectivity index (χ2v) is 5.80. The van der Waals surface area contributed by atoms with E-state index in [-0.39, 0.29) is 0 Å². The molecule has 1 aliphatic rings. The van der Waals surface area contributed by atoms with Gasteiger partial charge in [0.15, 0.2) is 0 Å². The van der Waals surface area contributed by atoms with E-state index in [9.17, 15) is 0 Å². The predicted molar refractivity (Wildman–Crippen MR) is 81.3 cm³/mol. The van der Waals surface area contributed by atoms with E-state index in [1.807, 2.05) is 0 Å². The maximum Gasteiger partial charge on any atom is 0.00504 e. The van der Waals surface area contributed by atoms with E-state index in [4.69, 9.17) is 0 Å². The molecule has 0 aromatic heterocycles. The van der Waals surface area contributed by atoms with Gasteiger partial charge in [-0.2, -0.15) is 0 Å². The topological polar surface area (TPSA) is 3.24 Å². The van der Waals surface area contributed by atoms with Crippen molar-refractivity contribution in [1.29, 1.82) is 0 Å². The molecule has 0 spiro atoms. The van der Waals surface area contributed by atoms with Crippen molar-refractivity contribution in [3.63, 3.8) is 0 Å². The monoisotopic (exact) mass is 251 g/mol. The molecule has 0 saturated carbocycles. The fourth-order valence-electron chi connectivity index (χ4n) is 3.22. The average Bonchev–Trinajstić information content (AvgIpc) is 2.79. The Morgan fingerprint density at radius 1 is 0.895 bits per heavy atom. The minimum Gasteiger partial charge on any atom is -0.305 e. The van der Waals surface area contributed by atoms with Crippen LogP contribution in [0.3, 0.4) is 0 Å². The Bertz CT molecular complexity index is 547. The summed E-state index contributed by atoms with van der Waals surface area (Å²) in [5, 5.41) is 0. The lowest BCUT2D eigenvalue weighted by Gasteiger charge is -2.16. The minimum absolute atomic E-state index is 0.675. The zero-order chi connectivity index (χ0) is 13.2. The van der Waals surface area contributed by atoms with Crippen LogP contribution in [-0.2, 0) is 0 Å². The van der Waals surface area contributed by atoms with Gasteiger partial charge in [0.2, 0.25) is 0 Å². The summed E-state index contributed by atoms with van der Waals surface area (Å²) in [5.74, 6) is 1.42. The molecule has 0 unspecified atom stereocenters. The van der Waals surface area contributed by atoms with Gasteiger partial charge in [-0.1, -0.05) is 61.5 Å². The average molecular weight is 251 g/mol. The first kappa shape index (κ1) is 12.4. The fourth-order valence-corrected chi connectivity index (χ4v) is 3.22. The molecule has 0 radical (unpaired) electrons. The normalized spacial score (nSPS) is 23.7. The van der Waals surface area contributed by atoms with Gasteiger partial charge in [-0.05, 0) is 29.7 Å². The van der Waals surface area contributed by atoms with Crippen molar-refractivity contribution in [2.75, 3.05) is 20.1 Å². The van der Waals surface area contributed by atoms with Gasteiger partial charge in [0.25, 0.3) is 0 Å². The summed E-state index contributed by atoms with van der Waals surface area (Å²) < 4.78 is 0. The molecule has 0 aliphatic carbocycles. The van der Waals surface area contributed by atoms with Crippen LogP contribution in [0.1, 0.15) is 18.4 Å². The molecule has 19 heavy (non-hydrogen) atoms. The van der Waals surface area contributed by atoms with E-state index in [0.29, 0.717) is 5.92 Å². The van der Waals surface area contributed by atoms with Crippen molar-refractivity contribution in [2.24, 2.45) is 5.92 Å². The third-order valence-corrected chi connectivity index (χ3v) is 4.22. The van der Waals surface area contributed by atoms with Gasteiger partial charge < -0.3 is 4.90 Å². The standard InChI is InChI=1S/C18H21N/c1-14-12-19(2)13-18(14)17-10-6-9-16(11-17)15-7-4-3-5-8-15/h3-11,14,18H,12-13H2,1-2H3/t14-,18-/m1/s1. The van der Waals surface area contributed by atoms with Gasteiger partial charge in [-0.25, -0.2) is 0 Å². The highest BCUT2D eigenvalue weighted by Gasteiger charge is 2.28. The highest BCUT2D eigenvalue weighted by molar-refractivity contribution is 5.64. The summed E-state index contributed by atoms with van der Waals surface area (Å²) in [6.07, 6.45) is 0. The molecule has 1 aliphatic heterocycles. The second kappa shape index (κ2) is 5.18. The van der Waals surface area contributed by atoms with E-state index in [0.717, 1.165) is 5.92 Å². The van der Waals surface area contributed by atoms with Crippen molar-refractivity contribution < 1.29 is 0 Å². The minimum atomic E-state index is 0.675. The molecule has 3 rings (SSSR count). The van der Waals surface area contributed by atoms with Gasteiger partial charge in [0.1, 0.15) is 0 Å². The fraction of sp³-hybridized carbons (Fsp3) is 0.333. The van der Waals surface area contributed by atoms with Gasteiger partial charge in [0, 0.05) is 19.0 Å². The van der Waals surface area contributed by atoms with Crippen molar-refractivity contribution >= 4 is 0 Å². The van der Waals surface area contributed by atoms with E-state index in [1.165, 1.54) is 29.8 Å². The molecule has 1 nitrogen and oxygen atoms in total. The molecule has 1 heterocycles. The zero-order valence-corrected chi connectivity index (χ0v) is 11.7. The van der Waals surface area contributed by atoms with Crippen LogP contribution >= 0.6 is 0 Å². The van der Waals surface area contributed by atoms with Gasteiger partial charge >= 0.3 is 0 Å². The number of hydrogen-bond acceptors (Lipinski definition) is 1. The lowest BCUT2D eigenvalue weighted by Crippen LogP contribution is -2.13. The summed E-state index contributed by atoms with van der Waals surface area (Å²) in [7, 11) is 2.22. The number of likely N-dealkylation sites (tertiary alicyclic amines) is 1. The summed E-state index contributed by atoms with van der Waals surface area (Å²) >= 11 is 0. The molecule has 1 fully saturated rings. The van der Waals surface area contributed by atoms with Crippen LogP contribution < -0.4 is 0 Å². The Morgan fingerprint density at radius 2 is 1.63 bits per heavy atom. The molecular formula is C18H21N. The number of rotatable bonds is 2. The second-order valence-electron chi connectivity index (χ2n) is 5.80. The van der Waals surface area contributed by atoms with Crippen LogP contribution in [-0.4, -0.2) is 25.0 Å². The zero-order valence-electron chi connectivity index (χ0n) is 11.7. The highest BCUT2D eigenvalue weighted by atomic mass is 15.1. The summed E-state index contributed by atoms with van der Waals surface area (Å²) in [5.41, 5.74) is 4.13. The summed E-state index contributed by atoms with van der Waals surface area (Å²) in [4.78, 5) is 2.44. The van der Waals surface area contributed by atoms with E-state index < -0.39 is 0 Å². The van der Waals surface area contributed by atoms with Crippen LogP contribution in [0.4, 0.5) is 0 Å². The Kier molecular flexibility index (Phi) is 3.39. The lowest BCUT2D eigenvalue weighted by molar-refractivity contribution is 0.401. The van der Waals surface area contributed by atoms with E-state index >= 15 is 0 Å². The molecule has 98 valence electrons. The Hall–Kier alpha value is -1.60. The third kappa shape index (κ3) is 2.57. The molecule has 1 heteroatoms. The summed E-state index contributed by atoms with van der Waals surface area (Å²) in [6, 6.07) is 19.7. The van der Waals surface area contributed by atoms with Crippen LogP contribution in [0.25, 0.3) is 11.1 Å². The number of likely N-dealkylation sites (N-methyl/N-ethyl adjacent to an activating group) is 1. The first-order valence-corrected chi connectivity index (χ1v) is 7.08. The molecule has 2 aromatic rings. The molecule has 2 aromatic carbocycles. The molecule has 2 atom stereocenters. The lowest BCUT2D eigenvalue weighted by atomic mass is 9.88. The number of nitrogens with zero attached hydrogens (tertiary/aromatic N) is 1. The van der Waals surface area contributed by atoms with Crippen molar-refractivity contribution in [1.82, 2.24) is 4.90 Å². The Morgan fingerprint density at radius 3 is 2.32 bits per heavy atom. The molecular weight excluding hydrogens is 230 g/mol. The van der Waals surface area contributed by atoms with Crippen LogP contribution in [0.5, 0.6) is 0 Å². The van der Waals surface area contributed by atoms with Crippen molar-refractivity contribution in [3.8, 4) is 11.1 Å². The predicted octanol–water partition coefficient (Wildman–Crippen LogP) is 4.02. The molecule has 0 N–H and O–H groups in total. The summed E-state index contributed by atoms with van der Waals surface area (Å²) in [6.45, 7) is 4.75. The molecule has 1 saturated heterocycles. The quantitative estimate of drug-likeness (QED) is 0.779. The molecule has 0 amide bonds. The first-order chi connectivity index (χ1) is 9.24. The largest absolute Gasteiger partial charge is 0.305 e. The van der Waals surface area contributed by atoms with Gasteiger partial charge in [-0.15, -0.1) is 0 Å². The maximum atomic E-state index is 2.44. The Balaban J connectivity index is 1.92. The smallest absolute Gasteiger partial charge is 0.00504 e. The third-order valence-electron chi connectivity index (χ3n) is 4.22. The van der Waals surface area contributed by atoms with Crippen molar-refractivity contribution in [2.45, 2.75) is 12.8 Å².